The van der Waals surface area contributed by atoms with Crippen molar-refractivity contribution >= 4 is 37.3 Å². The van der Waals surface area contributed by atoms with Crippen LogP contribution in [0, 0.1) is 18.3 Å². The normalized spacial score (nSPS) is 24.4. The summed E-state index contributed by atoms with van der Waals surface area (Å²) in [7, 11) is -3.75. The summed E-state index contributed by atoms with van der Waals surface area (Å²) < 4.78 is 16.3. The Morgan fingerprint density at radius 3 is 2.69 bits per heavy atom. The van der Waals surface area contributed by atoms with Gasteiger partial charge >= 0.3 is 20.0 Å². The number of ether oxygens (including phenoxy) is 1. The molecule has 1 amide bonds. The van der Waals surface area contributed by atoms with Gasteiger partial charge in [0.25, 0.3) is 5.91 Å². The number of aliphatic carboxylic acids is 1. The number of amides is 1. The van der Waals surface area contributed by atoms with Gasteiger partial charge in [-0.3, -0.25) is 14.4 Å². The summed E-state index contributed by atoms with van der Waals surface area (Å²) in [6.45, 7) is 8.35. The van der Waals surface area contributed by atoms with Crippen molar-refractivity contribution in [3.63, 3.8) is 0 Å². The zero-order valence-electron chi connectivity index (χ0n) is 18.8. The fourth-order valence-corrected chi connectivity index (χ4v) is 5.51. The van der Waals surface area contributed by atoms with E-state index in [-0.39, 0.29) is 19.8 Å². The second kappa shape index (κ2) is 11.0. The number of thiazole rings is 1. The Morgan fingerprint density at radius 1 is 1.41 bits per heavy atom. The third-order valence-electron chi connectivity index (χ3n) is 4.94. The standard InChI is InChI=1S/C19H30N3O8PS/c1-11(17(24)25)8-20-16(23)15-19(4,5)9-29-31(27,30-15)22-13(3)18(26)28-7-6-14-12(2)21-10-32-14/h10-11,13,15,22,27H,6-9H2,1-5H3,(H-,20,23,24,25)/p+1/t11-,13-,15-,31?/m0/s1. The quantitative estimate of drug-likeness (QED) is 0.278. The van der Waals surface area contributed by atoms with Crippen molar-refractivity contribution in [3.05, 3.63) is 16.1 Å². The van der Waals surface area contributed by atoms with Crippen molar-refractivity contribution in [2.75, 3.05) is 19.8 Å². The zero-order chi connectivity index (χ0) is 24.1. The highest BCUT2D eigenvalue weighted by atomic mass is 32.1. The second-order valence-corrected chi connectivity index (χ2v) is 11.1. The van der Waals surface area contributed by atoms with Crippen LogP contribution in [0.5, 0.6) is 0 Å². The number of carbonyl (C=O) groups excluding carboxylic acids is 2. The molecular weight excluding hydrogens is 461 g/mol. The number of carbonyl (C=O) groups is 3. The van der Waals surface area contributed by atoms with E-state index in [0.717, 1.165) is 10.6 Å². The van der Waals surface area contributed by atoms with E-state index in [9.17, 15) is 19.3 Å². The predicted molar refractivity (Wildman–Crippen MR) is 118 cm³/mol. The Balaban J connectivity index is 1.91. The van der Waals surface area contributed by atoms with Crippen molar-refractivity contribution in [1.29, 1.82) is 0 Å². The lowest BCUT2D eigenvalue weighted by Crippen LogP contribution is -2.53. The summed E-state index contributed by atoms with van der Waals surface area (Å²) in [4.78, 5) is 51.9. The van der Waals surface area contributed by atoms with Crippen LogP contribution in [0.15, 0.2) is 5.51 Å². The number of rotatable bonds is 10. The maximum Gasteiger partial charge on any atom is 0.500 e. The van der Waals surface area contributed by atoms with Gasteiger partial charge in [0.2, 0.25) is 0 Å². The van der Waals surface area contributed by atoms with E-state index in [2.05, 4.69) is 15.4 Å². The first kappa shape index (κ1) is 26.6. The van der Waals surface area contributed by atoms with Crippen LogP contribution in [0.25, 0.3) is 0 Å². The molecule has 0 radical (unpaired) electrons. The van der Waals surface area contributed by atoms with Crippen molar-refractivity contribution in [3.8, 4) is 0 Å². The van der Waals surface area contributed by atoms with Crippen molar-refractivity contribution < 1.29 is 38.2 Å². The highest BCUT2D eigenvalue weighted by molar-refractivity contribution is 7.58. The minimum Gasteiger partial charge on any atom is -0.481 e. The molecule has 2 rings (SSSR count). The molecule has 0 bridgehead atoms. The summed E-state index contributed by atoms with van der Waals surface area (Å²) in [5.41, 5.74) is 1.83. The molecule has 0 saturated carbocycles. The summed E-state index contributed by atoms with van der Waals surface area (Å²) in [6, 6.07) is -0.951. The first-order valence-electron chi connectivity index (χ1n) is 10.1. The number of aromatic nitrogens is 1. The third kappa shape index (κ3) is 7.16. The Hall–Kier alpha value is -1.69. The zero-order valence-corrected chi connectivity index (χ0v) is 20.5. The van der Waals surface area contributed by atoms with E-state index in [4.69, 9.17) is 18.9 Å². The van der Waals surface area contributed by atoms with E-state index >= 15 is 0 Å². The van der Waals surface area contributed by atoms with Crippen LogP contribution in [0.2, 0.25) is 0 Å². The van der Waals surface area contributed by atoms with Crippen molar-refractivity contribution in [1.82, 2.24) is 15.4 Å². The van der Waals surface area contributed by atoms with Gasteiger partial charge in [-0.1, -0.05) is 20.8 Å². The topological polar surface area (TPSA) is 156 Å². The number of nitrogens with zero attached hydrogens (tertiary/aromatic N) is 1. The lowest BCUT2D eigenvalue weighted by atomic mass is 9.87. The first-order valence-corrected chi connectivity index (χ1v) is 12.6. The maximum atomic E-state index is 12.6. The SMILES string of the molecule is Cc1ncsc1CCOC(=O)[C@H](C)N[P+]1(O)OCC(C)(C)[C@H](C(=O)NC[C@H](C)C(=O)O)O1. The number of carboxylic acid groups (broad SMARTS) is 1. The number of carboxylic acids is 1. The van der Waals surface area contributed by atoms with Crippen LogP contribution in [-0.4, -0.2) is 64.7 Å². The molecule has 180 valence electrons. The lowest BCUT2D eigenvalue weighted by molar-refractivity contribution is -0.146. The maximum absolute atomic E-state index is 12.6. The molecule has 1 aromatic rings. The molecule has 1 aromatic heterocycles. The summed E-state index contributed by atoms with van der Waals surface area (Å²) in [6.07, 6.45) is -0.576. The van der Waals surface area contributed by atoms with Crippen LogP contribution in [0.1, 0.15) is 38.3 Å². The molecule has 1 aliphatic rings. The van der Waals surface area contributed by atoms with Gasteiger partial charge in [-0.2, -0.15) is 9.42 Å². The average Bonchev–Trinajstić information content (AvgIpc) is 3.12. The molecule has 2 heterocycles. The minimum absolute atomic E-state index is 0.0106. The van der Waals surface area contributed by atoms with Crippen LogP contribution < -0.4 is 10.4 Å². The van der Waals surface area contributed by atoms with Crippen molar-refractivity contribution in [2.45, 2.75) is 53.2 Å². The molecule has 1 fully saturated rings. The number of esters is 1. The Kier molecular flexibility index (Phi) is 9.09. The van der Waals surface area contributed by atoms with Crippen LogP contribution in [0.3, 0.4) is 0 Å². The average molecular weight is 493 g/mol. The van der Waals surface area contributed by atoms with Gasteiger partial charge in [0.15, 0.2) is 6.10 Å². The third-order valence-corrected chi connectivity index (χ3v) is 7.62. The van der Waals surface area contributed by atoms with E-state index in [1.165, 1.54) is 25.2 Å². The van der Waals surface area contributed by atoms with Crippen LogP contribution in [-0.2, 0) is 34.6 Å². The van der Waals surface area contributed by atoms with Crippen LogP contribution >= 0.6 is 19.4 Å². The van der Waals surface area contributed by atoms with E-state index < -0.39 is 49.4 Å². The molecule has 32 heavy (non-hydrogen) atoms. The largest absolute Gasteiger partial charge is 0.500 e. The van der Waals surface area contributed by atoms with Crippen molar-refractivity contribution in [2.24, 2.45) is 11.3 Å². The Bertz CT molecular complexity index is 835. The minimum atomic E-state index is -3.75. The van der Waals surface area contributed by atoms with Gasteiger partial charge in [0.05, 0.1) is 23.7 Å². The monoisotopic (exact) mass is 492 g/mol. The van der Waals surface area contributed by atoms with Crippen LogP contribution in [0.4, 0.5) is 0 Å². The molecule has 4 N–H and O–H groups in total. The fourth-order valence-electron chi connectivity index (χ4n) is 2.78. The summed E-state index contributed by atoms with van der Waals surface area (Å²) >= 11 is 1.48. The van der Waals surface area contributed by atoms with Gasteiger partial charge in [-0.15, -0.1) is 20.9 Å². The Morgan fingerprint density at radius 2 is 2.09 bits per heavy atom. The molecule has 0 spiro atoms. The first-order chi connectivity index (χ1) is 14.8. The summed E-state index contributed by atoms with van der Waals surface area (Å²) in [5.74, 6) is -2.99. The highest BCUT2D eigenvalue weighted by Gasteiger charge is 2.58. The molecule has 4 atom stereocenters. The molecule has 13 heteroatoms. The number of hydrogen-bond donors (Lipinski definition) is 4. The van der Waals surface area contributed by atoms with Gasteiger partial charge in [-0.25, -0.2) is 4.98 Å². The summed E-state index contributed by atoms with van der Waals surface area (Å²) in [5, 5.41) is 14.1. The highest BCUT2D eigenvalue weighted by Crippen LogP contribution is 2.60. The lowest BCUT2D eigenvalue weighted by Gasteiger charge is -2.37. The Labute approximate surface area is 191 Å². The molecular formula is C19H31N3O8PS+. The van der Waals surface area contributed by atoms with E-state index in [1.807, 2.05) is 6.92 Å². The van der Waals surface area contributed by atoms with Gasteiger partial charge in [-0.05, 0) is 13.8 Å². The number of aryl methyl sites for hydroxylation is 1. The second-order valence-electron chi connectivity index (χ2n) is 8.38. The fraction of sp³-hybridized carbons (Fsp3) is 0.684. The number of nitrogens with one attached hydrogen (secondary N) is 2. The smallest absolute Gasteiger partial charge is 0.481 e. The predicted octanol–water partition coefficient (Wildman–Crippen LogP) is 1.46. The molecule has 0 aliphatic carbocycles. The molecule has 11 nitrogen and oxygen atoms in total. The number of hydrogen-bond acceptors (Lipinski definition) is 10. The van der Waals surface area contributed by atoms with E-state index in [1.54, 1.807) is 19.4 Å². The molecule has 1 unspecified atom stereocenters. The molecule has 0 aromatic carbocycles. The van der Waals surface area contributed by atoms with Gasteiger partial charge in [0.1, 0.15) is 12.6 Å². The molecule has 1 saturated heterocycles. The molecule has 1 aliphatic heterocycles. The van der Waals surface area contributed by atoms with E-state index in [0.29, 0.717) is 6.42 Å². The van der Waals surface area contributed by atoms with Gasteiger partial charge < -0.3 is 15.2 Å². The van der Waals surface area contributed by atoms with Gasteiger partial charge in [0, 0.05) is 23.3 Å².